The highest BCUT2D eigenvalue weighted by Gasteiger charge is 2.20. The van der Waals surface area contributed by atoms with Gasteiger partial charge in [0.25, 0.3) is 0 Å². The van der Waals surface area contributed by atoms with Crippen LogP contribution in [0, 0.1) is 0 Å². The smallest absolute Gasteiger partial charge is 0.168 e. The van der Waals surface area contributed by atoms with Crippen LogP contribution in [0.5, 0.6) is 0 Å². The van der Waals surface area contributed by atoms with Crippen molar-refractivity contribution in [1.29, 1.82) is 0 Å². The molecular weight excluding hydrogens is 160 g/mol. The van der Waals surface area contributed by atoms with Crippen LogP contribution in [0.25, 0.3) is 0 Å². The van der Waals surface area contributed by atoms with Gasteiger partial charge in [-0.2, -0.15) is 0 Å². The largest absolute Gasteiger partial charge is 0.300 e. The lowest BCUT2D eigenvalue weighted by molar-refractivity contribution is -0.120. The van der Waals surface area contributed by atoms with Gasteiger partial charge in [0.15, 0.2) is 5.78 Å². The molecule has 0 bridgehead atoms. The molecule has 60 valence electrons. The Morgan fingerprint density at radius 2 is 2.55 bits per heavy atom. The second-order valence-electron chi connectivity index (χ2n) is 2.53. The molecule has 0 saturated heterocycles. The molecule has 0 aromatic heterocycles. The minimum Gasteiger partial charge on any atom is -0.300 e. The van der Waals surface area contributed by atoms with Crippen molar-refractivity contribution in [3.05, 3.63) is 12.2 Å². The molecule has 0 fully saturated rings. The Labute approximate surface area is 70.0 Å². The summed E-state index contributed by atoms with van der Waals surface area (Å²) in [5, 5.41) is -0.113. The molecule has 0 amide bonds. The van der Waals surface area contributed by atoms with Gasteiger partial charge in [-0.05, 0) is 13.0 Å². The van der Waals surface area contributed by atoms with Crippen LogP contribution in [0.4, 0.5) is 0 Å². The molecule has 2 nitrogen and oxygen atoms in total. The number of thioether (sulfide) groups is 1. The van der Waals surface area contributed by atoms with E-state index in [1.54, 1.807) is 17.8 Å². The van der Waals surface area contributed by atoms with Gasteiger partial charge in [0, 0.05) is 12.2 Å². The second kappa shape index (κ2) is 3.72. The summed E-state index contributed by atoms with van der Waals surface area (Å²) in [6.07, 6.45) is 3.79. The summed E-state index contributed by atoms with van der Waals surface area (Å²) in [5.41, 5.74) is 0. The lowest BCUT2D eigenvalue weighted by Crippen LogP contribution is -2.20. The summed E-state index contributed by atoms with van der Waals surface area (Å²) in [4.78, 5) is 21.7. The zero-order chi connectivity index (χ0) is 8.27. The molecular formula is C8H10O2S. The Morgan fingerprint density at radius 1 is 1.82 bits per heavy atom. The number of hydrogen-bond donors (Lipinski definition) is 0. The molecule has 11 heavy (non-hydrogen) atoms. The van der Waals surface area contributed by atoms with E-state index in [1.165, 1.54) is 6.92 Å². The van der Waals surface area contributed by atoms with E-state index in [2.05, 4.69) is 0 Å². The molecule has 1 unspecified atom stereocenters. The number of carbonyl (C=O) groups is 2. The quantitative estimate of drug-likeness (QED) is 0.624. The third-order valence-corrected chi connectivity index (χ3v) is 2.65. The van der Waals surface area contributed by atoms with Crippen LogP contribution < -0.4 is 0 Å². The van der Waals surface area contributed by atoms with E-state index in [0.717, 1.165) is 5.75 Å². The summed E-state index contributed by atoms with van der Waals surface area (Å²) in [6, 6.07) is 0. The van der Waals surface area contributed by atoms with E-state index in [4.69, 9.17) is 0 Å². The van der Waals surface area contributed by atoms with E-state index < -0.39 is 0 Å². The second-order valence-corrected chi connectivity index (χ2v) is 3.77. The van der Waals surface area contributed by atoms with Crippen molar-refractivity contribution in [1.82, 2.24) is 0 Å². The molecule has 3 heteroatoms. The van der Waals surface area contributed by atoms with Crippen LogP contribution in [0.15, 0.2) is 12.2 Å². The number of rotatable bonds is 2. The molecule has 0 spiro atoms. The highest BCUT2D eigenvalue weighted by Crippen LogP contribution is 2.20. The fraction of sp³-hybridized carbons (Fsp3) is 0.500. The zero-order valence-corrected chi connectivity index (χ0v) is 7.19. The predicted molar refractivity (Wildman–Crippen MR) is 45.7 cm³/mol. The Hall–Kier alpha value is -0.570. The van der Waals surface area contributed by atoms with Gasteiger partial charge in [-0.3, -0.25) is 9.59 Å². The highest BCUT2D eigenvalue weighted by atomic mass is 32.2. The molecule has 0 N–H and O–H groups in total. The summed E-state index contributed by atoms with van der Waals surface area (Å²) in [6.45, 7) is 1.52. The van der Waals surface area contributed by atoms with Gasteiger partial charge < -0.3 is 0 Å². The fourth-order valence-corrected chi connectivity index (χ4v) is 1.98. The minimum atomic E-state index is -0.113. The van der Waals surface area contributed by atoms with Crippen LogP contribution in [-0.2, 0) is 9.59 Å². The van der Waals surface area contributed by atoms with E-state index >= 15 is 0 Å². The maximum atomic E-state index is 11.1. The normalized spacial score (nSPS) is 23.7. The lowest BCUT2D eigenvalue weighted by atomic mass is 10.1. The van der Waals surface area contributed by atoms with E-state index in [1.807, 2.05) is 6.08 Å². The third kappa shape index (κ3) is 2.50. The van der Waals surface area contributed by atoms with E-state index in [0.29, 0.717) is 6.42 Å². The molecule has 0 aromatic carbocycles. The molecule has 1 aliphatic heterocycles. The average Bonchev–Trinajstić information content (AvgIpc) is 1.93. The van der Waals surface area contributed by atoms with Crippen LogP contribution in [0.1, 0.15) is 13.3 Å². The van der Waals surface area contributed by atoms with Crippen LogP contribution in [0.2, 0.25) is 0 Å². The number of hydrogen-bond acceptors (Lipinski definition) is 3. The lowest BCUT2D eigenvalue weighted by Gasteiger charge is -2.13. The third-order valence-electron chi connectivity index (χ3n) is 1.47. The van der Waals surface area contributed by atoms with Crippen molar-refractivity contribution in [2.45, 2.75) is 18.6 Å². The van der Waals surface area contributed by atoms with Crippen molar-refractivity contribution in [3.8, 4) is 0 Å². The van der Waals surface area contributed by atoms with Crippen LogP contribution in [0.3, 0.4) is 0 Å². The topological polar surface area (TPSA) is 34.1 Å². The SMILES string of the molecule is CC(=O)CC1SCC=CC1=O. The Kier molecular flexibility index (Phi) is 2.88. The van der Waals surface area contributed by atoms with Gasteiger partial charge >= 0.3 is 0 Å². The van der Waals surface area contributed by atoms with Gasteiger partial charge in [-0.25, -0.2) is 0 Å². The maximum Gasteiger partial charge on any atom is 0.168 e. The van der Waals surface area contributed by atoms with Crippen molar-refractivity contribution in [3.63, 3.8) is 0 Å². The molecule has 0 aliphatic carbocycles. The number of ketones is 2. The molecule has 1 rings (SSSR count). The first-order chi connectivity index (χ1) is 5.20. The molecule has 1 aliphatic rings. The molecule has 0 aromatic rings. The molecule has 1 heterocycles. The van der Waals surface area contributed by atoms with E-state index in [-0.39, 0.29) is 16.8 Å². The van der Waals surface area contributed by atoms with Crippen molar-refractivity contribution < 1.29 is 9.59 Å². The summed E-state index contributed by atoms with van der Waals surface area (Å²) in [7, 11) is 0. The number of Topliss-reactive ketones (excluding diaryl/α,β-unsaturated/α-hetero) is 1. The molecule has 0 saturated carbocycles. The van der Waals surface area contributed by atoms with Crippen LogP contribution >= 0.6 is 11.8 Å². The first kappa shape index (κ1) is 8.53. The van der Waals surface area contributed by atoms with Gasteiger partial charge in [-0.1, -0.05) is 6.08 Å². The summed E-state index contributed by atoms with van der Waals surface area (Å²) in [5.74, 6) is 1.02. The Morgan fingerprint density at radius 3 is 3.09 bits per heavy atom. The summed E-state index contributed by atoms with van der Waals surface area (Å²) < 4.78 is 0. The standard InChI is InChI=1S/C8H10O2S/c1-6(9)5-8-7(10)3-2-4-11-8/h2-3,8H,4-5H2,1H3. The zero-order valence-electron chi connectivity index (χ0n) is 6.37. The predicted octanol–water partition coefficient (Wildman–Crippen LogP) is 1.21. The average molecular weight is 170 g/mol. The maximum absolute atomic E-state index is 11.1. The first-order valence-electron chi connectivity index (χ1n) is 3.51. The van der Waals surface area contributed by atoms with Gasteiger partial charge in [0.1, 0.15) is 5.78 Å². The van der Waals surface area contributed by atoms with Crippen molar-refractivity contribution in [2.75, 3.05) is 5.75 Å². The first-order valence-corrected chi connectivity index (χ1v) is 4.56. The van der Waals surface area contributed by atoms with E-state index in [9.17, 15) is 9.59 Å². The Balaban J connectivity index is 2.52. The number of allylic oxidation sites excluding steroid dienone is 1. The van der Waals surface area contributed by atoms with Gasteiger partial charge in [0.2, 0.25) is 0 Å². The van der Waals surface area contributed by atoms with Gasteiger partial charge in [0.05, 0.1) is 5.25 Å². The Bertz CT molecular complexity index is 208. The highest BCUT2D eigenvalue weighted by molar-refractivity contribution is 8.00. The monoisotopic (exact) mass is 170 g/mol. The van der Waals surface area contributed by atoms with Gasteiger partial charge in [-0.15, -0.1) is 11.8 Å². The van der Waals surface area contributed by atoms with Crippen LogP contribution in [-0.4, -0.2) is 22.6 Å². The molecule has 0 radical (unpaired) electrons. The fourth-order valence-electron chi connectivity index (χ4n) is 0.946. The van der Waals surface area contributed by atoms with Crippen molar-refractivity contribution in [2.24, 2.45) is 0 Å². The molecule has 1 atom stereocenters. The number of carbonyl (C=O) groups excluding carboxylic acids is 2. The van der Waals surface area contributed by atoms with Crippen molar-refractivity contribution >= 4 is 23.3 Å². The summed E-state index contributed by atoms with van der Waals surface area (Å²) >= 11 is 1.54. The minimum absolute atomic E-state index is 0.0800.